The van der Waals surface area contributed by atoms with Crippen molar-refractivity contribution in [3.63, 3.8) is 0 Å². The molecular formula is C25H20Cl2N2O3. The molecule has 0 spiro atoms. The van der Waals surface area contributed by atoms with E-state index in [-0.39, 0.29) is 12.2 Å². The van der Waals surface area contributed by atoms with Crippen LogP contribution in [0.15, 0.2) is 66.2 Å². The smallest absolute Gasteiger partial charge is 0.266 e. The van der Waals surface area contributed by atoms with E-state index >= 15 is 0 Å². The zero-order chi connectivity index (χ0) is 23.1. The van der Waals surface area contributed by atoms with Crippen molar-refractivity contribution in [2.24, 2.45) is 0 Å². The molecule has 3 aromatic carbocycles. The van der Waals surface area contributed by atoms with Gasteiger partial charge < -0.3 is 14.8 Å². The molecule has 0 heterocycles. The highest BCUT2D eigenvalue weighted by atomic mass is 35.5. The molecule has 0 radical (unpaired) electrons. The molecule has 0 fully saturated rings. The molecule has 0 unspecified atom stereocenters. The lowest BCUT2D eigenvalue weighted by molar-refractivity contribution is -0.112. The monoisotopic (exact) mass is 466 g/mol. The highest BCUT2D eigenvalue weighted by Crippen LogP contribution is 2.29. The Morgan fingerprint density at radius 1 is 1.12 bits per heavy atom. The lowest BCUT2D eigenvalue weighted by Gasteiger charge is -2.12. The van der Waals surface area contributed by atoms with Crippen LogP contribution in [0.4, 0.5) is 5.69 Å². The molecule has 0 atom stereocenters. The number of rotatable bonds is 7. The third kappa shape index (κ3) is 5.82. The molecule has 7 heteroatoms. The number of nitrogens with one attached hydrogen (secondary N) is 1. The van der Waals surface area contributed by atoms with E-state index in [1.54, 1.807) is 62.6 Å². The first-order chi connectivity index (χ1) is 15.4. The summed E-state index contributed by atoms with van der Waals surface area (Å²) < 4.78 is 11.2. The molecule has 0 aliphatic rings. The van der Waals surface area contributed by atoms with Crippen LogP contribution in [-0.2, 0) is 11.4 Å². The van der Waals surface area contributed by atoms with Gasteiger partial charge in [-0.15, -0.1) is 0 Å². The zero-order valence-corrected chi connectivity index (χ0v) is 19.0. The molecule has 3 aromatic rings. The van der Waals surface area contributed by atoms with Crippen molar-refractivity contribution in [1.29, 1.82) is 5.26 Å². The number of hydrogen-bond donors (Lipinski definition) is 1. The van der Waals surface area contributed by atoms with Gasteiger partial charge >= 0.3 is 0 Å². The van der Waals surface area contributed by atoms with Crippen LogP contribution in [0.2, 0.25) is 10.0 Å². The zero-order valence-electron chi connectivity index (χ0n) is 17.5. The van der Waals surface area contributed by atoms with Gasteiger partial charge in [-0.3, -0.25) is 4.79 Å². The summed E-state index contributed by atoms with van der Waals surface area (Å²) in [5.41, 5.74) is 2.61. The minimum absolute atomic E-state index is 0.0813. The summed E-state index contributed by atoms with van der Waals surface area (Å²) >= 11 is 12.2. The van der Waals surface area contributed by atoms with Crippen molar-refractivity contribution in [3.8, 4) is 17.6 Å². The average Bonchev–Trinajstić information content (AvgIpc) is 2.79. The molecule has 0 saturated heterocycles. The number of carbonyl (C=O) groups excluding carboxylic acids is 1. The molecule has 3 rings (SSSR count). The summed E-state index contributed by atoms with van der Waals surface area (Å²) in [5.74, 6) is 0.499. The minimum Gasteiger partial charge on any atom is -0.497 e. The van der Waals surface area contributed by atoms with Gasteiger partial charge in [-0.25, -0.2) is 0 Å². The quantitative estimate of drug-likeness (QED) is 0.321. The number of methoxy groups -OCH3 is 1. The molecular weight excluding hydrogens is 447 g/mol. The van der Waals surface area contributed by atoms with Crippen LogP contribution in [0, 0.1) is 18.3 Å². The Kier molecular flexibility index (Phi) is 7.77. The number of amides is 1. The Bertz CT molecular complexity index is 1220. The Hall–Kier alpha value is -3.46. The van der Waals surface area contributed by atoms with Gasteiger partial charge in [0.05, 0.1) is 7.11 Å². The predicted octanol–water partition coefficient (Wildman–Crippen LogP) is 6.44. The van der Waals surface area contributed by atoms with E-state index < -0.39 is 5.91 Å². The summed E-state index contributed by atoms with van der Waals surface area (Å²) in [7, 11) is 1.55. The van der Waals surface area contributed by atoms with E-state index in [2.05, 4.69) is 5.32 Å². The predicted molar refractivity (Wildman–Crippen MR) is 127 cm³/mol. The maximum Gasteiger partial charge on any atom is 0.266 e. The second kappa shape index (κ2) is 10.7. The fraction of sp³-hybridized carbons (Fsp3) is 0.120. The van der Waals surface area contributed by atoms with Gasteiger partial charge in [0.2, 0.25) is 0 Å². The SMILES string of the molecule is COc1ccc(/C=C(\C#N)C(=O)Nc2cccc(Cl)c2C)c(OCc2cccc(Cl)c2)c1. The summed E-state index contributed by atoms with van der Waals surface area (Å²) in [5, 5.41) is 13.5. The molecule has 1 N–H and O–H groups in total. The number of hydrogen-bond acceptors (Lipinski definition) is 4. The molecule has 0 saturated carbocycles. The first-order valence-corrected chi connectivity index (χ1v) is 10.4. The number of carbonyl (C=O) groups is 1. The summed E-state index contributed by atoms with van der Waals surface area (Å²) in [6.45, 7) is 2.04. The molecule has 0 aliphatic carbocycles. The lowest BCUT2D eigenvalue weighted by Crippen LogP contribution is -2.14. The van der Waals surface area contributed by atoms with Crippen molar-refractivity contribution in [2.75, 3.05) is 12.4 Å². The molecule has 162 valence electrons. The van der Waals surface area contributed by atoms with Crippen LogP contribution in [0.25, 0.3) is 6.08 Å². The lowest BCUT2D eigenvalue weighted by atomic mass is 10.1. The van der Waals surface area contributed by atoms with Crippen LogP contribution in [0.5, 0.6) is 11.5 Å². The molecule has 0 bridgehead atoms. The first-order valence-electron chi connectivity index (χ1n) is 9.65. The summed E-state index contributed by atoms with van der Waals surface area (Å²) in [4.78, 5) is 12.7. The average molecular weight is 467 g/mol. The molecule has 1 amide bonds. The molecule has 0 aliphatic heterocycles. The van der Waals surface area contributed by atoms with Crippen molar-refractivity contribution in [2.45, 2.75) is 13.5 Å². The van der Waals surface area contributed by atoms with Crippen LogP contribution in [0.3, 0.4) is 0 Å². The second-order valence-electron chi connectivity index (χ2n) is 6.86. The Balaban J connectivity index is 1.88. The van der Waals surface area contributed by atoms with E-state index in [4.69, 9.17) is 32.7 Å². The summed E-state index contributed by atoms with van der Waals surface area (Å²) in [6, 6.07) is 19.6. The van der Waals surface area contributed by atoms with Gasteiger partial charge in [0.25, 0.3) is 5.91 Å². The van der Waals surface area contributed by atoms with E-state index in [1.807, 2.05) is 18.2 Å². The Morgan fingerprint density at radius 2 is 1.91 bits per heavy atom. The third-order valence-electron chi connectivity index (χ3n) is 4.68. The topological polar surface area (TPSA) is 71.3 Å². The van der Waals surface area contributed by atoms with E-state index in [1.165, 1.54) is 6.08 Å². The molecule has 32 heavy (non-hydrogen) atoms. The largest absolute Gasteiger partial charge is 0.497 e. The van der Waals surface area contributed by atoms with Gasteiger partial charge in [-0.1, -0.05) is 41.4 Å². The minimum atomic E-state index is -0.547. The van der Waals surface area contributed by atoms with Crippen molar-refractivity contribution in [3.05, 3.63) is 93.0 Å². The van der Waals surface area contributed by atoms with Gasteiger partial charge in [-0.2, -0.15) is 5.26 Å². The van der Waals surface area contributed by atoms with E-state index in [9.17, 15) is 10.1 Å². The first kappa shape index (κ1) is 23.2. The highest BCUT2D eigenvalue weighted by Gasteiger charge is 2.14. The fourth-order valence-corrected chi connectivity index (χ4v) is 3.30. The third-order valence-corrected chi connectivity index (χ3v) is 5.33. The number of anilines is 1. The number of benzene rings is 3. The highest BCUT2D eigenvalue weighted by molar-refractivity contribution is 6.32. The Morgan fingerprint density at radius 3 is 2.62 bits per heavy atom. The van der Waals surface area contributed by atoms with Crippen LogP contribution < -0.4 is 14.8 Å². The second-order valence-corrected chi connectivity index (χ2v) is 7.70. The van der Waals surface area contributed by atoms with Gasteiger partial charge in [-0.05, 0) is 60.5 Å². The van der Waals surface area contributed by atoms with Gasteiger partial charge in [0.1, 0.15) is 29.7 Å². The van der Waals surface area contributed by atoms with Gasteiger partial charge in [0.15, 0.2) is 0 Å². The van der Waals surface area contributed by atoms with Crippen molar-refractivity contribution in [1.82, 2.24) is 0 Å². The van der Waals surface area contributed by atoms with Crippen molar-refractivity contribution < 1.29 is 14.3 Å². The van der Waals surface area contributed by atoms with E-state index in [0.29, 0.717) is 32.8 Å². The maximum atomic E-state index is 12.7. The number of halogens is 2. The normalized spacial score (nSPS) is 10.9. The van der Waals surface area contributed by atoms with E-state index in [0.717, 1.165) is 11.1 Å². The van der Waals surface area contributed by atoms with Crippen molar-refractivity contribution >= 4 is 40.9 Å². The Labute approximate surface area is 196 Å². The van der Waals surface area contributed by atoms with Gasteiger partial charge in [0, 0.05) is 27.4 Å². The maximum absolute atomic E-state index is 12.7. The number of nitriles is 1. The standard InChI is InChI=1S/C25H20Cl2N2O3/c1-16-22(27)7-4-8-23(16)29-25(30)19(14-28)12-18-9-10-21(31-2)13-24(18)32-15-17-5-3-6-20(26)11-17/h3-13H,15H2,1-2H3,(H,29,30)/b19-12+. The fourth-order valence-electron chi connectivity index (χ4n) is 2.91. The number of nitrogens with zero attached hydrogens (tertiary/aromatic N) is 1. The number of ether oxygens (including phenoxy) is 2. The molecule has 5 nitrogen and oxygen atoms in total. The van der Waals surface area contributed by atoms with Crippen LogP contribution in [0.1, 0.15) is 16.7 Å². The van der Waals surface area contributed by atoms with Crippen LogP contribution in [-0.4, -0.2) is 13.0 Å². The summed E-state index contributed by atoms with van der Waals surface area (Å²) in [6.07, 6.45) is 1.47. The molecule has 0 aromatic heterocycles. The van der Waals surface area contributed by atoms with Crippen LogP contribution >= 0.6 is 23.2 Å².